The smallest absolute Gasteiger partial charge is 0.254 e. The van der Waals surface area contributed by atoms with Crippen LogP contribution in [0, 0.1) is 5.82 Å². The molecule has 0 unspecified atom stereocenters. The number of hydrogen-bond donors (Lipinski definition) is 1. The Kier molecular flexibility index (Phi) is 5.68. The van der Waals surface area contributed by atoms with Crippen molar-refractivity contribution in [3.8, 4) is 5.69 Å². The summed E-state index contributed by atoms with van der Waals surface area (Å²) < 4.78 is 14.9. The van der Waals surface area contributed by atoms with Gasteiger partial charge >= 0.3 is 0 Å². The van der Waals surface area contributed by atoms with Gasteiger partial charge in [-0.3, -0.25) is 4.79 Å². The van der Waals surface area contributed by atoms with Gasteiger partial charge in [-0.25, -0.2) is 9.07 Å². The number of nitrogens with one attached hydrogen (secondary N) is 1. The lowest BCUT2D eigenvalue weighted by Crippen LogP contribution is -2.26. The first-order valence-corrected chi connectivity index (χ1v) is 8.81. The van der Waals surface area contributed by atoms with E-state index in [1.807, 2.05) is 25.1 Å². The van der Waals surface area contributed by atoms with Crippen molar-refractivity contribution in [3.05, 3.63) is 82.4 Å². The van der Waals surface area contributed by atoms with Crippen molar-refractivity contribution in [3.63, 3.8) is 0 Å². The van der Waals surface area contributed by atoms with Crippen LogP contribution in [0.3, 0.4) is 0 Å². The Morgan fingerprint density at radius 2 is 2.04 bits per heavy atom. The van der Waals surface area contributed by atoms with Gasteiger partial charge in [0, 0.05) is 11.6 Å². The van der Waals surface area contributed by atoms with Gasteiger partial charge in [0.25, 0.3) is 5.91 Å². The number of nitrogens with zero attached hydrogens (tertiary/aromatic N) is 2. The Labute approximate surface area is 156 Å². The standard InChI is InChI=1S/C20H19ClFN3O/c1-2-19-18(13-24-25(19)17-8-4-6-15(21)12-17)20(26)23-10-9-14-5-3-7-16(22)11-14/h3-8,11-13H,2,9-10H2,1H3,(H,23,26). The van der Waals surface area contributed by atoms with Gasteiger partial charge in [-0.15, -0.1) is 0 Å². The molecule has 0 radical (unpaired) electrons. The van der Waals surface area contributed by atoms with E-state index in [-0.39, 0.29) is 11.7 Å². The van der Waals surface area contributed by atoms with Crippen LogP contribution in [0.5, 0.6) is 0 Å². The molecule has 0 atom stereocenters. The Bertz CT molecular complexity index is 923. The van der Waals surface area contributed by atoms with E-state index in [2.05, 4.69) is 10.4 Å². The van der Waals surface area contributed by atoms with Crippen LogP contribution in [0.4, 0.5) is 4.39 Å². The van der Waals surface area contributed by atoms with Crippen LogP contribution >= 0.6 is 11.6 Å². The Morgan fingerprint density at radius 1 is 1.23 bits per heavy atom. The molecule has 1 amide bonds. The fourth-order valence-corrected chi connectivity index (χ4v) is 3.03. The molecule has 0 saturated carbocycles. The third-order valence-electron chi connectivity index (χ3n) is 4.09. The van der Waals surface area contributed by atoms with Crippen molar-refractivity contribution in [2.24, 2.45) is 0 Å². The number of rotatable bonds is 6. The molecular formula is C20H19ClFN3O. The predicted octanol–water partition coefficient (Wildman–Crippen LogP) is 4.20. The molecule has 4 nitrogen and oxygen atoms in total. The van der Waals surface area contributed by atoms with Crippen LogP contribution in [-0.4, -0.2) is 22.2 Å². The van der Waals surface area contributed by atoms with Crippen LogP contribution < -0.4 is 5.32 Å². The highest BCUT2D eigenvalue weighted by Crippen LogP contribution is 2.19. The minimum absolute atomic E-state index is 0.188. The van der Waals surface area contributed by atoms with Gasteiger partial charge in [-0.2, -0.15) is 5.10 Å². The molecule has 3 rings (SSSR count). The number of aromatic nitrogens is 2. The molecule has 1 heterocycles. The molecule has 0 saturated heterocycles. The Morgan fingerprint density at radius 3 is 2.77 bits per heavy atom. The van der Waals surface area contributed by atoms with Crippen molar-refractivity contribution < 1.29 is 9.18 Å². The van der Waals surface area contributed by atoms with E-state index < -0.39 is 0 Å². The van der Waals surface area contributed by atoms with E-state index in [1.54, 1.807) is 29.1 Å². The van der Waals surface area contributed by atoms with E-state index in [9.17, 15) is 9.18 Å². The predicted molar refractivity (Wildman–Crippen MR) is 100 cm³/mol. The molecule has 3 aromatic rings. The van der Waals surface area contributed by atoms with Gasteiger partial charge in [0.15, 0.2) is 0 Å². The Hall–Kier alpha value is -2.66. The highest BCUT2D eigenvalue weighted by atomic mass is 35.5. The number of benzene rings is 2. The average Bonchev–Trinajstić information content (AvgIpc) is 3.06. The molecule has 0 bridgehead atoms. The molecule has 1 aromatic heterocycles. The van der Waals surface area contributed by atoms with Gasteiger partial charge in [0.1, 0.15) is 5.82 Å². The molecule has 0 aliphatic heterocycles. The summed E-state index contributed by atoms with van der Waals surface area (Å²) in [6.45, 7) is 2.40. The lowest BCUT2D eigenvalue weighted by Gasteiger charge is -2.09. The molecule has 0 spiro atoms. The maximum absolute atomic E-state index is 13.2. The van der Waals surface area contributed by atoms with Gasteiger partial charge in [-0.05, 0) is 48.7 Å². The zero-order valence-corrected chi connectivity index (χ0v) is 15.1. The van der Waals surface area contributed by atoms with Crippen LogP contribution in [0.15, 0.2) is 54.7 Å². The average molecular weight is 372 g/mol. The second-order valence-corrected chi connectivity index (χ2v) is 6.32. The first kappa shape index (κ1) is 18.1. The lowest BCUT2D eigenvalue weighted by atomic mass is 10.1. The second kappa shape index (κ2) is 8.15. The fourth-order valence-electron chi connectivity index (χ4n) is 2.84. The van der Waals surface area contributed by atoms with Crippen molar-refractivity contribution in [2.75, 3.05) is 6.54 Å². The topological polar surface area (TPSA) is 46.9 Å². The number of hydrogen-bond acceptors (Lipinski definition) is 2. The number of carbonyl (C=O) groups is 1. The Balaban J connectivity index is 1.71. The molecule has 1 N–H and O–H groups in total. The van der Waals surface area contributed by atoms with Gasteiger partial charge in [0.05, 0.1) is 23.1 Å². The summed E-state index contributed by atoms with van der Waals surface area (Å²) in [5.41, 5.74) is 3.01. The van der Waals surface area contributed by atoms with E-state index in [0.717, 1.165) is 16.9 Å². The van der Waals surface area contributed by atoms with E-state index in [0.29, 0.717) is 30.0 Å². The summed E-state index contributed by atoms with van der Waals surface area (Å²) in [5.74, 6) is -0.462. The van der Waals surface area contributed by atoms with Crippen molar-refractivity contribution in [1.29, 1.82) is 0 Å². The maximum Gasteiger partial charge on any atom is 0.254 e. The highest BCUT2D eigenvalue weighted by Gasteiger charge is 2.17. The lowest BCUT2D eigenvalue weighted by molar-refractivity contribution is 0.0953. The molecule has 26 heavy (non-hydrogen) atoms. The monoisotopic (exact) mass is 371 g/mol. The third kappa shape index (κ3) is 4.11. The largest absolute Gasteiger partial charge is 0.352 e. The van der Waals surface area contributed by atoms with E-state index in [4.69, 9.17) is 11.6 Å². The summed E-state index contributed by atoms with van der Waals surface area (Å²) in [7, 11) is 0. The maximum atomic E-state index is 13.2. The zero-order valence-electron chi connectivity index (χ0n) is 14.4. The summed E-state index contributed by atoms with van der Waals surface area (Å²) in [6.07, 6.45) is 2.78. The van der Waals surface area contributed by atoms with Crippen LogP contribution in [0.25, 0.3) is 5.69 Å². The van der Waals surface area contributed by atoms with Crippen LogP contribution in [0.1, 0.15) is 28.5 Å². The molecular weight excluding hydrogens is 353 g/mol. The molecule has 0 aliphatic carbocycles. The van der Waals surface area contributed by atoms with Gasteiger partial charge in [0.2, 0.25) is 0 Å². The van der Waals surface area contributed by atoms with Crippen LogP contribution in [0.2, 0.25) is 5.02 Å². The second-order valence-electron chi connectivity index (χ2n) is 5.89. The van der Waals surface area contributed by atoms with Gasteiger partial charge in [-0.1, -0.05) is 36.7 Å². The first-order valence-electron chi connectivity index (χ1n) is 8.44. The third-order valence-corrected chi connectivity index (χ3v) is 4.32. The van der Waals surface area contributed by atoms with Crippen LogP contribution in [-0.2, 0) is 12.8 Å². The summed E-state index contributed by atoms with van der Waals surface area (Å²) >= 11 is 6.05. The summed E-state index contributed by atoms with van der Waals surface area (Å²) in [4.78, 5) is 12.5. The quantitative estimate of drug-likeness (QED) is 0.706. The molecule has 0 fully saturated rings. The summed E-state index contributed by atoms with van der Waals surface area (Å²) in [5, 5.41) is 7.83. The molecule has 2 aromatic carbocycles. The van der Waals surface area contributed by atoms with E-state index in [1.165, 1.54) is 12.1 Å². The van der Waals surface area contributed by atoms with Crippen molar-refractivity contribution in [1.82, 2.24) is 15.1 Å². The number of halogens is 2. The number of amides is 1. The molecule has 134 valence electrons. The zero-order chi connectivity index (χ0) is 18.5. The minimum atomic E-state index is -0.273. The van der Waals surface area contributed by atoms with E-state index >= 15 is 0 Å². The van der Waals surface area contributed by atoms with Crippen molar-refractivity contribution in [2.45, 2.75) is 19.8 Å². The highest BCUT2D eigenvalue weighted by molar-refractivity contribution is 6.30. The molecule has 6 heteroatoms. The first-order chi connectivity index (χ1) is 12.6. The normalized spacial score (nSPS) is 10.7. The SMILES string of the molecule is CCc1c(C(=O)NCCc2cccc(F)c2)cnn1-c1cccc(Cl)c1. The molecule has 0 aliphatic rings. The van der Waals surface area contributed by atoms with Gasteiger partial charge < -0.3 is 5.32 Å². The minimum Gasteiger partial charge on any atom is -0.352 e. The fraction of sp³-hybridized carbons (Fsp3) is 0.200. The summed E-state index contributed by atoms with van der Waals surface area (Å²) in [6, 6.07) is 13.7. The van der Waals surface area contributed by atoms with Crippen molar-refractivity contribution >= 4 is 17.5 Å². The number of carbonyl (C=O) groups excluding carboxylic acids is 1.